The lowest BCUT2D eigenvalue weighted by Gasteiger charge is -2.12. The van der Waals surface area contributed by atoms with E-state index in [-0.39, 0.29) is 5.75 Å². The van der Waals surface area contributed by atoms with E-state index in [4.69, 9.17) is 0 Å². The van der Waals surface area contributed by atoms with Crippen LogP contribution in [0, 0.1) is 0 Å². The average Bonchev–Trinajstić information content (AvgIpc) is 2.08. The first-order valence-electron chi connectivity index (χ1n) is 3.95. The maximum Gasteiger partial charge on any atom is 0.145 e. The topological polar surface area (TPSA) is 48.2 Å². The minimum absolute atomic E-state index is 0.150. The zero-order chi connectivity index (χ0) is 9.84. The quantitative estimate of drug-likeness (QED) is 0.707. The predicted octanol–water partition coefficient (Wildman–Crippen LogP) is 2.17. The molecular formula is C9H13N3O. The number of phenolic OH excluding ortho intramolecular Hbond substituents is 1. The molecule has 0 spiro atoms. The number of nitrogens with zero attached hydrogens (tertiary/aromatic N) is 3. The van der Waals surface area contributed by atoms with E-state index in [2.05, 4.69) is 10.2 Å². The number of rotatable bonds is 2. The Kier molecular flexibility index (Phi) is 2.84. The molecule has 0 aliphatic carbocycles. The molecule has 0 bridgehead atoms. The summed E-state index contributed by atoms with van der Waals surface area (Å²) in [5.41, 5.74) is 1.43. The Morgan fingerprint density at radius 2 is 2.00 bits per heavy atom. The molecule has 70 valence electrons. The van der Waals surface area contributed by atoms with Crippen LogP contribution in [0.5, 0.6) is 5.75 Å². The molecule has 0 aliphatic heterocycles. The standard InChI is InChI=1S/C9H13N3O/c1-10-11-8-5-4-7(12(2)3)6-9(8)13/h4-6,13H,1-3H3. The van der Waals surface area contributed by atoms with Gasteiger partial charge in [-0.3, -0.25) is 0 Å². The summed E-state index contributed by atoms with van der Waals surface area (Å²) in [5, 5.41) is 16.8. The van der Waals surface area contributed by atoms with Crippen LogP contribution in [-0.2, 0) is 0 Å². The third kappa shape index (κ3) is 2.18. The van der Waals surface area contributed by atoms with Gasteiger partial charge in [-0.1, -0.05) is 0 Å². The summed E-state index contributed by atoms with van der Waals surface area (Å²) < 4.78 is 0. The molecule has 1 aromatic carbocycles. The van der Waals surface area contributed by atoms with E-state index in [0.29, 0.717) is 5.69 Å². The van der Waals surface area contributed by atoms with E-state index in [1.165, 1.54) is 0 Å². The maximum absolute atomic E-state index is 9.49. The Morgan fingerprint density at radius 3 is 2.46 bits per heavy atom. The van der Waals surface area contributed by atoms with Crippen molar-refractivity contribution in [3.05, 3.63) is 18.2 Å². The Morgan fingerprint density at radius 1 is 1.31 bits per heavy atom. The van der Waals surface area contributed by atoms with Gasteiger partial charge in [0.2, 0.25) is 0 Å². The Bertz CT molecular complexity index is 321. The predicted molar refractivity (Wildman–Crippen MR) is 52.9 cm³/mol. The van der Waals surface area contributed by atoms with Crippen molar-refractivity contribution >= 4 is 11.4 Å². The SMILES string of the molecule is CN=Nc1ccc(N(C)C)cc1O. The minimum Gasteiger partial charge on any atom is -0.506 e. The lowest BCUT2D eigenvalue weighted by Crippen LogP contribution is -2.07. The molecule has 0 heterocycles. The zero-order valence-corrected chi connectivity index (χ0v) is 8.02. The van der Waals surface area contributed by atoms with Crippen LogP contribution in [0.15, 0.2) is 28.4 Å². The van der Waals surface area contributed by atoms with Crippen molar-refractivity contribution in [1.82, 2.24) is 0 Å². The number of hydrogen-bond acceptors (Lipinski definition) is 4. The molecule has 0 unspecified atom stereocenters. The second-order valence-corrected chi connectivity index (χ2v) is 2.87. The molecule has 0 atom stereocenters. The van der Waals surface area contributed by atoms with E-state index >= 15 is 0 Å². The van der Waals surface area contributed by atoms with Crippen molar-refractivity contribution in [2.24, 2.45) is 10.2 Å². The Balaban J connectivity index is 3.05. The van der Waals surface area contributed by atoms with Gasteiger partial charge in [-0.05, 0) is 12.1 Å². The van der Waals surface area contributed by atoms with Crippen LogP contribution >= 0.6 is 0 Å². The first-order valence-corrected chi connectivity index (χ1v) is 3.95. The van der Waals surface area contributed by atoms with Gasteiger partial charge >= 0.3 is 0 Å². The number of hydrogen-bond donors (Lipinski definition) is 1. The molecule has 1 rings (SSSR count). The molecule has 1 N–H and O–H groups in total. The second kappa shape index (κ2) is 3.89. The third-order valence-electron chi connectivity index (χ3n) is 1.68. The van der Waals surface area contributed by atoms with Gasteiger partial charge in [-0.2, -0.15) is 10.2 Å². The van der Waals surface area contributed by atoms with Crippen molar-refractivity contribution in [2.75, 3.05) is 26.0 Å². The third-order valence-corrected chi connectivity index (χ3v) is 1.68. The first-order chi connectivity index (χ1) is 6.15. The summed E-state index contributed by atoms with van der Waals surface area (Å²) in [6, 6.07) is 5.27. The Hall–Kier alpha value is -1.58. The van der Waals surface area contributed by atoms with Crippen molar-refractivity contribution in [1.29, 1.82) is 0 Å². The summed E-state index contributed by atoms with van der Waals surface area (Å²) in [5.74, 6) is 0.150. The summed E-state index contributed by atoms with van der Waals surface area (Å²) >= 11 is 0. The average molecular weight is 179 g/mol. The highest BCUT2D eigenvalue weighted by Gasteiger charge is 2.02. The number of benzene rings is 1. The van der Waals surface area contributed by atoms with E-state index in [1.807, 2.05) is 25.1 Å². The van der Waals surface area contributed by atoms with Crippen LogP contribution in [0.1, 0.15) is 0 Å². The van der Waals surface area contributed by atoms with E-state index in [9.17, 15) is 5.11 Å². The van der Waals surface area contributed by atoms with Gasteiger partial charge < -0.3 is 10.0 Å². The lowest BCUT2D eigenvalue weighted by molar-refractivity contribution is 0.476. The van der Waals surface area contributed by atoms with Gasteiger partial charge in [-0.25, -0.2) is 0 Å². The molecule has 0 aromatic heterocycles. The number of phenols is 1. The van der Waals surface area contributed by atoms with Gasteiger partial charge in [0.25, 0.3) is 0 Å². The molecule has 0 saturated carbocycles. The highest BCUT2D eigenvalue weighted by atomic mass is 16.3. The fraction of sp³-hybridized carbons (Fsp3) is 0.333. The van der Waals surface area contributed by atoms with Crippen LogP contribution in [0.3, 0.4) is 0 Å². The molecule has 0 fully saturated rings. The van der Waals surface area contributed by atoms with Crippen LogP contribution in [-0.4, -0.2) is 26.2 Å². The lowest BCUT2D eigenvalue weighted by atomic mass is 10.2. The van der Waals surface area contributed by atoms with Gasteiger partial charge in [0, 0.05) is 32.9 Å². The largest absolute Gasteiger partial charge is 0.506 e. The maximum atomic E-state index is 9.49. The number of anilines is 1. The van der Waals surface area contributed by atoms with Crippen LogP contribution < -0.4 is 4.90 Å². The summed E-state index contributed by atoms with van der Waals surface area (Å²) in [6.45, 7) is 0. The molecule has 1 aromatic rings. The van der Waals surface area contributed by atoms with Crippen LogP contribution in [0.25, 0.3) is 0 Å². The summed E-state index contributed by atoms with van der Waals surface area (Å²) in [6.07, 6.45) is 0. The summed E-state index contributed by atoms with van der Waals surface area (Å²) in [4.78, 5) is 1.91. The van der Waals surface area contributed by atoms with Gasteiger partial charge in [0.1, 0.15) is 11.4 Å². The smallest absolute Gasteiger partial charge is 0.145 e. The first kappa shape index (κ1) is 9.51. The molecule has 0 saturated heterocycles. The molecular weight excluding hydrogens is 166 g/mol. The zero-order valence-electron chi connectivity index (χ0n) is 8.02. The van der Waals surface area contributed by atoms with Crippen LogP contribution in [0.2, 0.25) is 0 Å². The van der Waals surface area contributed by atoms with E-state index in [1.54, 1.807) is 19.2 Å². The van der Waals surface area contributed by atoms with Gasteiger partial charge in [0.15, 0.2) is 0 Å². The Labute approximate surface area is 77.5 Å². The monoisotopic (exact) mass is 179 g/mol. The van der Waals surface area contributed by atoms with Crippen molar-refractivity contribution in [3.8, 4) is 5.75 Å². The fourth-order valence-electron chi connectivity index (χ4n) is 0.982. The molecule has 0 aliphatic rings. The number of azo groups is 1. The van der Waals surface area contributed by atoms with Crippen molar-refractivity contribution < 1.29 is 5.11 Å². The molecule has 4 nitrogen and oxygen atoms in total. The number of aromatic hydroxyl groups is 1. The molecule has 0 radical (unpaired) electrons. The minimum atomic E-state index is 0.150. The van der Waals surface area contributed by atoms with Gasteiger partial charge in [-0.15, -0.1) is 0 Å². The van der Waals surface area contributed by atoms with E-state index in [0.717, 1.165) is 5.69 Å². The fourth-order valence-corrected chi connectivity index (χ4v) is 0.982. The second-order valence-electron chi connectivity index (χ2n) is 2.87. The highest BCUT2D eigenvalue weighted by molar-refractivity contribution is 5.60. The highest BCUT2D eigenvalue weighted by Crippen LogP contribution is 2.30. The molecule has 0 amide bonds. The van der Waals surface area contributed by atoms with Gasteiger partial charge in [0.05, 0.1) is 0 Å². The van der Waals surface area contributed by atoms with Crippen molar-refractivity contribution in [2.45, 2.75) is 0 Å². The van der Waals surface area contributed by atoms with E-state index < -0.39 is 0 Å². The summed E-state index contributed by atoms with van der Waals surface area (Å²) in [7, 11) is 5.39. The van der Waals surface area contributed by atoms with Crippen LogP contribution in [0.4, 0.5) is 11.4 Å². The normalized spacial score (nSPS) is 10.7. The molecule has 4 heteroatoms. The van der Waals surface area contributed by atoms with Crippen molar-refractivity contribution in [3.63, 3.8) is 0 Å². The molecule has 13 heavy (non-hydrogen) atoms.